The van der Waals surface area contributed by atoms with Gasteiger partial charge in [0.2, 0.25) is 23.8 Å². The highest BCUT2D eigenvalue weighted by Gasteiger charge is 2.51. The van der Waals surface area contributed by atoms with Gasteiger partial charge < -0.3 is 59.4 Å². The molecule has 6 bridgehead atoms. The zero-order chi connectivity index (χ0) is 84.9. The molecule has 3 N–H and O–H groups in total. The fraction of sp³-hybridized carbons (Fsp3) is 0.362. The molecular weight excluding hydrogens is 1580 g/mol. The van der Waals surface area contributed by atoms with E-state index in [1.54, 1.807) is 67.0 Å². The van der Waals surface area contributed by atoms with Crippen molar-refractivity contribution in [1.29, 1.82) is 0 Å². The molecule has 0 radical (unpaired) electrons. The Morgan fingerprint density at radius 2 is 0.808 bits per heavy atom. The molecule has 3 fully saturated rings. The SMILES string of the molecule is CN1Cc2cc(Nc3ncc4c(=O)n5n(c4n3)-c3ccc4c(c3)N(CCCC=CC5)C(=O)C(C)(C)O4)ccc2C2(CC2)C1.CN1Cc2cc(Nc3ncc4c(=O)n5n(c4n3)-c3ccc4c(c3)N(CCO4)C(=O)CCC=CC5)ccc2C2(CC2)C1.CN1Cc2cc(Nc3ncc4c(=O)n5n(c4n3)-c3ccc4c(c3)N(CCO4)C(=O)OCC=CC5)ccc2C2(CC2)C1. The van der Waals surface area contributed by atoms with Gasteiger partial charge in [0.25, 0.3) is 22.6 Å². The zero-order valence-corrected chi connectivity index (χ0v) is 70.4. The smallest absolute Gasteiger partial charge is 0.414 e. The van der Waals surface area contributed by atoms with Crippen molar-refractivity contribution in [2.75, 3.05) is 111 Å². The number of rotatable bonds is 6. The number of ether oxygens (including phenoxy) is 4. The highest BCUT2D eigenvalue weighted by molar-refractivity contribution is 6.03. The highest BCUT2D eigenvalue weighted by atomic mass is 16.6. The van der Waals surface area contributed by atoms with Crippen molar-refractivity contribution in [3.05, 3.63) is 229 Å². The third-order valence-electron chi connectivity index (χ3n) is 26.6. The molecule has 12 aromatic rings. The first-order valence-electron chi connectivity index (χ1n) is 43.3. The Morgan fingerprint density at radius 3 is 1.25 bits per heavy atom. The molecule has 31 heteroatoms. The van der Waals surface area contributed by atoms with E-state index in [9.17, 15) is 28.8 Å². The maximum Gasteiger partial charge on any atom is 0.414 e. The van der Waals surface area contributed by atoms with Crippen LogP contribution in [0.5, 0.6) is 17.2 Å². The number of carbonyl (C=O) groups is 3. The summed E-state index contributed by atoms with van der Waals surface area (Å²) in [6, 6.07) is 36.6. The molecule has 9 aliphatic heterocycles. The summed E-state index contributed by atoms with van der Waals surface area (Å²) in [7, 11) is 6.55. The lowest BCUT2D eigenvalue weighted by atomic mass is 9.87. The van der Waals surface area contributed by atoms with Gasteiger partial charge in [-0.15, -0.1) is 0 Å². The minimum absolute atomic E-state index is 0.0596. The number of nitrogens with one attached hydrogen (secondary N) is 3. The number of amides is 3. The van der Waals surface area contributed by atoms with E-state index in [1.807, 2.05) is 93.2 Å². The molecule has 3 aliphatic carbocycles. The van der Waals surface area contributed by atoms with Crippen molar-refractivity contribution in [2.45, 2.75) is 139 Å². The number of anilines is 9. The van der Waals surface area contributed by atoms with Gasteiger partial charge in [-0.25, -0.2) is 47.8 Å². The number of fused-ring (bicyclic) bond motifs is 21. The first-order chi connectivity index (χ1) is 60.7. The minimum atomic E-state index is -0.956. The lowest BCUT2D eigenvalue weighted by molar-refractivity contribution is -0.132. The van der Waals surface area contributed by atoms with Crippen LogP contribution < -0.4 is 61.5 Å². The maximum atomic E-state index is 13.7. The number of allylic oxidation sites excluding steroid dienone is 5. The molecule has 3 amide bonds. The monoisotopic (exact) mass is 1680 g/mol. The van der Waals surface area contributed by atoms with Crippen molar-refractivity contribution in [2.24, 2.45) is 0 Å². The fourth-order valence-electron chi connectivity index (χ4n) is 20.2. The van der Waals surface area contributed by atoms with Crippen molar-refractivity contribution in [3.63, 3.8) is 0 Å². The molecule has 3 spiro atoms. The second-order valence-corrected chi connectivity index (χ2v) is 35.8. The Labute approximate surface area is 718 Å². The molecule has 0 atom stereocenters. The maximum absolute atomic E-state index is 13.7. The fourth-order valence-corrected chi connectivity index (χ4v) is 20.2. The highest BCUT2D eigenvalue weighted by Crippen LogP contribution is 2.55. The molecule has 12 aliphatic rings. The molecule has 31 nitrogen and oxygen atoms in total. The van der Waals surface area contributed by atoms with E-state index in [-0.39, 0.29) is 41.6 Å². The first kappa shape index (κ1) is 77.5. The second-order valence-electron chi connectivity index (χ2n) is 35.8. The average molecular weight is 1680 g/mol. The summed E-state index contributed by atoms with van der Waals surface area (Å²) in [5.41, 5.74) is 16.2. The Kier molecular flexibility index (Phi) is 18.5. The molecule has 6 aromatic carbocycles. The predicted molar refractivity (Wildman–Crippen MR) is 475 cm³/mol. The Morgan fingerprint density at radius 1 is 0.408 bits per heavy atom. The number of hydrogen-bond acceptors (Lipinski definition) is 22. The Hall–Kier alpha value is -13.5. The summed E-state index contributed by atoms with van der Waals surface area (Å²) >= 11 is 0. The molecule has 24 rings (SSSR count). The number of nitrogens with zero attached hydrogens (tertiary/aromatic N) is 18. The van der Waals surface area contributed by atoms with Gasteiger partial charge in [-0.05, 0) is 223 Å². The van der Waals surface area contributed by atoms with Gasteiger partial charge in [0, 0.05) is 104 Å². The van der Waals surface area contributed by atoms with E-state index >= 15 is 0 Å². The van der Waals surface area contributed by atoms with Gasteiger partial charge in [-0.1, -0.05) is 48.6 Å². The summed E-state index contributed by atoms with van der Waals surface area (Å²) in [5, 5.41) is 11.4. The lowest BCUT2D eigenvalue weighted by Gasteiger charge is -2.39. The Balaban J connectivity index is 0.000000111. The molecule has 6 aromatic heterocycles. The van der Waals surface area contributed by atoms with Crippen LogP contribution >= 0.6 is 0 Å². The largest absolute Gasteiger partial charge is 0.490 e. The normalized spacial score (nSPS) is 19.5. The van der Waals surface area contributed by atoms with Crippen LogP contribution in [0.15, 0.2) is 179 Å². The summed E-state index contributed by atoms with van der Waals surface area (Å²) < 4.78 is 33.6. The van der Waals surface area contributed by atoms with Gasteiger partial charge in [0.05, 0.1) is 66.8 Å². The van der Waals surface area contributed by atoms with Crippen LogP contribution in [-0.4, -0.2) is 176 Å². The van der Waals surface area contributed by atoms with Crippen LogP contribution in [0.3, 0.4) is 0 Å². The second kappa shape index (κ2) is 29.9. The van der Waals surface area contributed by atoms with Crippen LogP contribution in [0.2, 0.25) is 0 Å². The van der Waals surface area contributed by atoms with Crippen molar-refractivity contribution < 1.29 is 33.3 Å². The summed E-state index contributed by atoms with van der Waals surface area (Å²) in [6.07, 6.45) is 25.9. The van der Waals surface area contributed by atoms with E-state index in [1.165, 1.54) is 71.9 Å². The minimum Gasteiger partial charge on any atom is -0.490 e. The molecule has 3 saturated carbocycles. The number of carbonyl (C=O) groups excluding carboxylic acids is 3. The van der Waals surface area contributed by atoms with Gasteiger partial charge in [-0.2, -0.15) is 15.0 Å². The number of cyclic esters (lactones) is 1. The number of likely N-dealkylation sites (N-methyl/N-ethyl adjacent to an activating group) is 3. The van der Waals surface area contributed by atoms with E-state index < -0.39 is 11.7 Å². The lowest BCUT2D eigenvalue weighted by Crippen LogP contribution is -2.52. The van der Waals surface area contributed by atoms with Crippen molar-refractivity contribution >= 4 is 103 Å². The molecular formula is C94H95N21O10. The van der Waals surface area contributed by atoms with Crippen molar-refractivity contribution in [1.82, 2.24) is 72.7 Å². The summed E-state index contributed by atoms with van der Waals surface area (Å²) in [4.78, 5) is 121. The summed E-state index contributed by atoms with van der Waals surface area (Å²) in [6.45, 7) is 13.1. The van der Waals surface area contributed by atoms with Crippen LogP contribution in [0.4, 0.5) is 56.8 Å². The molecule has 125 heavy (non-hydrogen) atoms. The molecule has 0 saturated heterocycles. The van der Waals surface area contributed by atoms with E-state index in [4.69, 9.17) is 33.9 Å². The standard InChI is InChI=1S/C33H35N7O3.C31H31N7O3.C30H29N7O4/c1-32(2)30(42)38-14-6-4-5-7-15-39-29(41)24-18-34-31(36-28(24)40(39)23-9-11-27(43-32)26(38)17-23)35-22-8-10-25-21(16-22)19-37(3)20-33(25)12-13-33;1-35-18-20-15-21(6-8-24(20)31(19-35)10-11-31)33-30-32-17-23-28(34-30)38-22-7-9-26-25(16-22)36(13-14-41-26)27(39)5-3-2-4-12-37(38)29(23)40;1-34-17-19-14-20(4-6-23(19)30(18-34)8-9-30)32-28-31-16-22-26(33-28)37-21-5-7-25-24(15-21)35(11-13-40-25)29(39)41-12-3-2-10-36(37)27(22)38/h5,7-11,16-18H,4,6,12-15,19-20H2,1-3H3,(H,34,35,36);2,4,6-9,15-17H,3,5,10-14,18-19H2,1H3,(H,32,33,34);2-7,14-16H,8-13,17-18H2,1H3,(H,31,32,33). The van der Waals surface area contributed by atoms with E-state index in [0.717, 1.165) is 80.5 Å². The van der Waals surface area contributed by atoms with Crippen LogP contribution in [0, 0.1) is 0 Å². The van der Waals surface area contributed by atoms with Crippen LogP contribution in [-0.2, 0) is 69.8 Å². The van der Waals surface area contributed by atoms with Gasteiger partial charge in [-0.3, -0.25) is 28.9 Å². The number of benzene rings is 6. The van der Waals surface area contributed by atoms with E-state index in [0.29, 0.717) is 166 Å². The van der Waals surface area contributed by atoms with Gasteiger partial charge >= 0.3 is 6.09 Å². The molecule has 15 heterocycles. The zero-order valence-electron chi connectivity index (χ0n) is 70.4. The quantitative estimate of drug-likeness (QED) is 0.130. The first-order valence-corrected chi connectivity index (χ1v) is 43.3. The van der Waals surface area contributed by atoms with Crippen LogP contribution in [0.1, 0.15) is 111 Å². The number of hydrogen-bond donors (Lipinski definition) is 3. The van der Waals surface area contributed by atoms with E-state index in [2.05, 4.69) is 127 Å². The topological polar surface area (TPSA) is 302 Å². The molecule has 636 valence electrons. The van der Waals surface area contributed by atoms with Crippen molar-refractivity contribution in [3.8, 4) is 34.3 Å². The van der Waals surface area contributed by atoms with Crippen LogP contribution in [0.25, 0.3) is 50.2 Å². The third kappa shape index (κ3) is 13.8. The predicted octanol–water partition coefficient (Wildman–Crippen LogP) is 12.2. The summed E-state index contributed by atoms with van der Waals surface area (Å²) in [5.74, 6) is 3.11. The average Bonchev–Trinajstić information content (AvgIpc) is 1.67. The number of aromatic nitrogens is 12. The van der Waals surface area contributed by atoms with Gasteiger partial charge in [0.1, 0.15) is 53.2 Å². The molecule has 0 unspecified atom stereocenters. The third-order valence-corrected chi connectivity index (χ3v) is 26.6. The van der Waals surface area contributed by atoms with Gasteiger partial charge in [0.15, 0.2) is 22.5 Å². The Bertz CT molecular complexity index is 6550.